The molecular weight excluding hydrogens is 275 g/mol. The van der Waals surface area contributed by atoms with Crippen molar-refractivity contribution >= 4 is 22.9 Å². The lowest BCUT2D eigenvalue weighted by Crippen LogP contribution is -2.22. The maximum atomic E-state index is 13.5. The first-order valence-electron chi connectivity index (χ1n) is 6.28. The summed E-state index contributed by atoms with van der Waals surface area (Å²) in [5, 5.41) is 2.82. The number of benzene rings is 1. The minimum Gasteiger partial charge on any atom is -0.398 e. The molecule has 0 unspecified atom stereocenters. The predicted molar refractivity (Wildman–Crippen MR) is 80.5 cm³/mol. The van der Waals surface area contributed by atoms with Gasteiger partial charge >= 0.3 is 0 Å². The first-order chi connectivity index (χ1) is 9.38. The molecule has 2 aromatic rings. The van der Waals surface area contributed by atoms with Crippen molar-refractivity contribution in [2.45, 2.75) is 27.3 Å². The molecule has 0 bridgehead atoms. The fourth-order valence-electron chi connectivity index (χ4n) is 2.02. The van der Waals surface area contributed by atoms with E-state index in [9.17, 15) is 9.18 Å². The summed E-state index contributed by atoms with van der Waals surface area (Å²) in [6.45, 7) is 5.69. The summed E-state index contributed by atoms with van der Waals surface area (Å²) in [4.78, 5) is 13.5. The van der Waals surface area contributed by atoms with Gasteiger partial charge in [-0.3, -0.25) is 4.79 Å². The number of amides is 1. The van der Waals surface area contributed by atoms with Crippen LogP contribution in [-0.4, -0.2) is 5.91 Å². The van der Waals surface area contributed by atoms with Crippen LogP contribution >= 0.6 is 11.3 Å². The molecule has 0 atom stereocenters. The van der Waals surface area contributed by atoms with E-state index >= 15 is 0 Å². The minimum absolute atomic E-state index is 0.158. The van der Waals surface area contributed by atoms with Gasteiger partial charge in [0.15, 0.2) is 0 Å². The lowest BCUT2D eigenvalue weighted by Gasteiger charge is -2.08. The Morgan fingerprint density at radius 3 is 2.35 bits per heavy atom. The normalized spacial score (nSPS) is 10.6. The van der Waals surface area contributed by atoms with E-state index in [1.807, 2.05) is 6.92 Å². The Morgan fingerprint density at radius 2 is 1.85 bits per heavy atom. The standard InChI is InChI=1S/C15H17FN2OS/c1-8-4-11(5-9(2)14(8)16)7-18-15(19)13-6-12(17)10(3)20-13/h4-6H,7,17H2,1-3H3,(H,18,19). The molecule has 5 heteroatoms. The van der Waals surface area contributed by atoms with E-state index in [2.05, 4.69) is 5.32 Å². The Hall–Kier alpha value is -1.88. The van der Waals surface area contributed by atoms with Crippen molar-refractivity contribution < 1.29 is 9.18 Å². The maximum Gasteiger partial charge on any atom is 0.261 e. The van der Waals surface area contributed by atoms with Crippen LogP contribution in [0.5, 0.6) is 0 Å². The van der Waals surface area contributed by atoms with Crippen LogP contribution in [0.3, 0.4) is 0 Å². The summed E-state index contributed by atoms with van der Waals surface area (Å²) >= 11 is 1.37. The van der Waals surface area contributed by atoms with E-state index < -0.39 is 0 Å². The topological polar surface area (TPSA) is 55.1 Å². The third-order valence-electron chi connectivity index (χ3n) is 3.13. The van der Waals surface area contributed by atoms with E-state index in [-0.39, 0.29) is 11.7 Å². The van der Waals surface area contributed by atoms with E-state index in [0.717, 1.165) is 10.4 Å². The molecular formula is C15H17FN2OS. The summed E-state index contributed by atoms with van der Waals surface area (Å²) in [6, 6.07) is 5.17. The highest BCUT2D eigenvalue weighted by Crippen LogP contribution is 2.23. The van der Waals surface area contributed by atoms with Gasteiger partial charge in [-0.05, 0) is 43.5 Å². The van der Waals surface area contributed by atoms with Gasteiger partial charge in [0.25, 0.3) is 5.91 Å². The summed E-state index contributed by atoms with van der Waals surface area (Å²) in [6.07, 6.45) is 0. The number of hydrogen-bond acceptors (Lipinski definition) is 3. The van der Waals surface area contributed by atoms with Gasteiger partial charge in [0.05, 0.1) is 4.88 Å². The number of thiophene rings is 1. The van der Waals surface area contributed by atoms with Crippen molar-refractivity contribution in [2.24, 2.45) is 0 Å². The number of hydrogen-bond donors (Lipinski definition) is 2. The SMILES string of the molecule is Cc1cc(CNC(=O)c2cc(N)c(C)s2)cc(C)c1F. The number of nitrogens with two attached hydrogens (primary N) is 1. The number of anilines is 1. The van der Waals surface area contributed by atoms with E-state index in [4.69, 9.17) is 5.73 Å². The van der Waals surface area contributed by atoms with Crippen molar-refractivity contribution in [3.05, 3.63) is 50.5 Å². The van der Waals surface area contributed by atoms with Crippen molar-refractivity contribution in [1.29, 1.82) is 0 Å². The molecule has 1 aromatic carbocycles. The molecule has 106 valence electrons. The predicted octanol–water partition coefficient (Wildman–Crippen LogP) is 3.32. The number of carbonyl (C=O) groups is 1. The lowest BCUT2D eigenvalue weighted by atomic mass is 10.1. The smallest absolute Gasteiger partial charge is 0.261 e. The van der Waals surface area contributed by atoms with Crippen molar-refractivity contribution in [3.8, 4) is 0 Å². The first-order valence-corrected chi connectivity index (χ1v) is 7.10. The molecule has 0 aliphatic rings. The molecule has 0 aliphatic heterocycles. The van der Waals surface area contributed by atoms with Gasteiger partial charge in [0.2, 0.25) is 0 Å². The summed E-state index contributed by atoms with van der Waals surface area (Å²) in [5.74, 6) is -0.351. The largest absolute Gasteiger partial charge is 0.398 e. The molecule has 1 aromatic heterocycles. The third kappa shape index (κ3) is 2.99. The van der Waals surface area contributed by atoms with E-state index in [0.29, 0.717) is 28.2 Å². The van der Waals surface area contributed by atoms with Crippen molar-refractivity contribution in [3.63, 3.8) is 0 Å². The van der Waals surface area contributed by atoms with Gasteiger partial charge in [-0.1, -0.05) is 12.1 Å². The van der Waals surface area contributed by atoms with Crippen LogP contribution in [0.25, 0.3) is 0 Å². The average molecular weight is 292 g/mol. The minimum atomic E-state index is -0.193. The second-order valence-corrected chi connectivity index (χ2v) is 6.10. The Balaban J connectivity index is 2.07. The summed E-state index contributed by atoms with van der Waals surface area (Å²) < 4.78 is 13.5. The molecule has 2 rings (SSSR count). The van der Waals surface area contributed by atoms with E-state index in [1.165, 1.54) is 11.3 Å². The molecule has 20 heavy (non-hydrogen) atoms. The molecule has 1 amide bonds. The number of halogens is 1. The van der Waals surface area contributed by atoms with Crippen LogP contribution in [0.4, 0.5) is 10.1 Å². The van der Waals surface area contributed by atoms with Crippen LogP contribution in [0.2, 0.25) is 0 Å². The zero-order valence-corrected chi connectivity index (χ0v) is 12.5. The maximum absolute atomic E-state index is 13.5. The van der Waals surface area contributed by atoms with Crippen LogP contribution < -0.4 is 11.1 Å². The second kappa shape index (κ2) is 5.63. The Kier molecular flexibility index (Phi) is 4.09. The molecule has 1 heterocycles. The van der Waals surface area contributed by atoms with Gasteiger partial charge < -0.3 is 11.1 Å². The van der Waals surface area contributed by atoms with Gasteiger partial charge in [0.1, 0.15) is 5.82 Å². The van der Waals surface area contributed by atoms with Gasteiger partial charge in [0, 0.05) is 17.1 Å². The van der Waals surface area contributed by atoms with E-state index in [1.54, 1.807) is 32.0 Å². The highest BCUT2D eigenvalue weighted by molar-refractivity contribution is 7.14. The summed E-state index contributed by atoms with van der Waals surface area (Å²) in [7, 11) is 0. The number of rotatable bonds is 3. The molecule has 0 saturated carbocycles. The molecule has 3 N–H and O–H groups in total. The molecule has 0 saturated heterocycles. The number of aryl methyl sites for hydroxylation is 3. The highest BCUT2D eigenvalue weighted by Gasteiger charge is 2.11. The van der Waals surface area contributed by atoms with Gasteiger partial charge in [-0.25, -0.2) is 4.39 Å². The zero-order valence-electron chi connectivity index (χ0n) is 11.7. The molecule has 0 spiro atoms. The van der Waals surface area contributed by atoms with Crippen LogP contribution in [0, 0.1) is 26.6 Å². The lowest BCUT2D eigenvalue weighted by molar-refractivity contribution is 0.0955. The van der Waals surface area contributed by atoms with Crippen LogP contribution in [-0.2, 0) is 6.54 Å². The quantitative estimate of drug-likeness (QED) is 0.911. The monoisotopic (exact) mass is 292 g/mol. The molecule has 0 fully saturated rings. The van der Waals surface area contributed by atoms with Crippen molar-refractivity contribution in [2.75, 3.05) is 5.73 Å². The number of nitrogens with one attached hydrogen (secondary N) is 1. The highest BCUT2D eigenvalue weighted by atomic mass is 32.1. The van der Waals surface area contributed by atoms with Gasteiger partial charge in [-0.2, -0.15) is 0 Å². The Labute approximate surface area is 121 Å². The second-order valence-electron chi connectivity index (χ2n) is 4.85. The fraction of sp³-hybridized carbons (Fsp3) is 0.267. The molecule has 0 radical (unpaired) electrons. The third-order valence-corrected chi connectivity index (χ3v) is 4.19. The zero-order chi connectivity index (χ0) is 14.9. The van der Waals surface area contributed by atoms with Crippen molar-refractivity contribution in [1.82, 2.24) is 5.32 Å². The van der Waals surface area contributed by atoms with Gasteiger partial charge in [-0.15, -0.1) is 11.3 Å². The average Bonchev–Trinajstić information content (AvgIpc) is 2.73. The Bertz CT molecular complexity index is 621. The summed E-state index contributed by atoms with van der Waals surface area (Å²) in [5.41, 5.74) is 8.43. The molecule has 0 aliphatic carbocycles. The van der Waals surface area contributed by atoms with Crippen LogP contribution in [0.15, 0.2) is 18.2 Å². The number of nitrogen functional groups attached to an aromatic ring is 1. The van der Waals surface area contributed by atoms with Crippen LogP contribution in [0.1, 0.15) is 31.2 Å². The fourth-order valence-corrected chi connectivity index (χ4v) is 2.87. The molecule has 3 nitrogen and oxygen atoms in total. The number of carbonyl (C=O) groups excluding carboxylic acids is 1. The first kappa shape index (κ1) is 14.5. The Morgan fingerprint density at radius 1 is 1.25 bits per heavy atom.